The van der Waals surface area contributed by atoms with E-state index in [0.717, 1.165) is 34.1 Å². The summed E-state index contributed by atoms with van der Waals surface area (Å²) in [7, 11) is -2.98. The highest BCUT2D eigenvalue weighted by Gasteiger charge is 2.30. The Bertz CT molecular complexity index is 960. The number of nitro groups is 1. The number of sulfonamides is 1. The third-order valence-corrected chi connectivity index (χ3v) is 5.78. The average Bonchev–Trinajstić information content (AvgIpc) is 2.59. The third-order valence-electron chi connectivity index (χ3n) is 4.02. The molecule has 9 heteroatoms. The van der Waals surface area contributed by atoms with Gasteiger partial charge < -0.3 is 4.74 Å². The summed E-state index contributed by atoms with van der Waals surface area (Å²) in [6, 6.07) is 8.15. The molecular formula is C18H20N2O6S. The molecule has 0 spiro atoms. The number of nitro benzene ring substituents is 1. The lowest BCUT2D eigenvalue weighted by Crippen LogP contribution is -2.37. The van der Waals surface area contributed by atoms with Crippen LogP contribution in [0.25, 0.3) is 0 Å². The molecule has 0 radical (unpaired) electrons. The molecule has 0 heterocycles. The van der Waals surface area contributed by atoms with Crippen LogP contribution in [0.1, 0.15) is 16.7 Å². The predicted molar refractivity (Wildman–Crippen MR) is 100 cm³/mol. The van der Waals surface area contributed by atoms with Gasteiger partial charge >= 0.3 is 5.97 Å². The smallest absolute Gasteiger partial charge is 0.326 e. The van der Waals surface area contributed by atoms with Crippen molar-refractivity contribution in [3.8, 4) is 0 Å². The number of non-ortho nitro benzene ring substituents is 1. The van der Waals surface area contributed by atoms with E-state index in [-0.39, 0.29) is 10.6 Å². The molecular weight excluding hydrogens is 372 g/mol. The fourth-order valence-corrected chi connectivity index (χ4v) is 4.44. The Morgan fingerprint density at radius 2 is 1.63 bits per heavy atom. The van der Waals surface area contributed by atoms with Gasteiger partial charge in [0.15, 0.2) is 0 Å². The van der Waals surface area contributed by atoms with Crippen molar-refractivity contribution in [3.05, 3.63) is 63.2 Å². The Kier molecular flexibility index (Phi) is 5.85. The van der Waals surface area contributed by atoms with Crippen LogP contribution in [0.5, 0.6) is 0 Å². The van der Waals surface area contributed by atoms with Crippen molar-refractivity contribution in [2.75, 3.05) is 18.0 Å². The number of ether oxygens (including phenoxy) is 1. The van der Waals surface area contributed by atoms with Crippen LogP contribution < -0.4 is 4.31 Å². The summed E-state index contributed by atoms with van der Waals surface area (Å²) in [5.41, 5.74) is 2.48. The van der Waals surface area contributed by atoms with Crippen molar-refractivity contribution >= 4 is 27.4 Å². The number of benzene rings is 2. The Balaban J connectivity index is 2.63. The van der Waals surface area contributed by atoms with Gasteiger partial charge in [0.25, 0.3) is 15.7 Å². The summed E-state index contributed by atoms with van der Waals surface area (Å²) >= 11 is 0. The molecule has 0 saturated carbocycles. The van der Waals surface area contributed by atoms with Crippen molar-refractivity contribution in [1.29, 1.82) is 0 Å². The highest BCUT2D eigenvalue weighted by Crippen LogP contribution is 2.31. The minimum atomic E-state index is -4.15. The Morgan fingerprint density at radius 1 is 1.11 bits per heavy atom. The van der Waals surface area contributed by atoms with Crippen LogP contribution in [0.3, 0.4) is 0 Å². The Labute approximate surface area is 157 Å². The SMILES string of the molecule is COC(=O)CN(c1c(C)cc(C)cc1C)S(=O)(=O)c1ccc([N+](=O)[O-])cc1. The van der Waals surface area contributed by atoms with Gasteiger partial charge in [0.1, 0.15) is 6.54 Å². The first-order chi connectivity index (χ1) is 12.6. The van der Waals surface area contributed by atoms with E-state index in [2.05, 4.69) is 4.74 Å². The van der Waals surface area contributed by atoms with Gasteiger partial charge in [-0.25, -0.2) is 8.42 Å². The number of methoxy groups -OCH3 is 1. The monoisotopic (exact) mass is 392 g/mol. The lowest BCUT2D eigenvalue weighted by Gasteiger charge is -2.27. The van der Waals surface area contributed by atoms with E-state index in [1.165, 1.54) is 7.11 Å². The molecule has 0 aliphatic carbocycles. The first-order valence-electron chi connectivity index (χ1n) is 7.99. The van der Waals surface area contributed by atoms with Crippen molar-refractivity contribution < 1.29 is 22.9 Å². The molecule has 0 aromatic heterocycles. The summed E-state index contributed by atoms with van der Waals surface area (Å²) in [4.78, 5) is 21.9. The maximum atomic E-state index is 13.2. The minimum absolute atomic E-state index is 0.156. The van der Waals surface area contributed by atoms with Crippen LogP contribution >= 0.6 is 0 Å². The minimum Gasteiger partial charge on any atom is -0.468 e. The van der Waals surface area contributed by atoms with Gasteiger partial charge in [-0.1, -0.05) is 17.7 Å². The molecule has 0 aliphatic rings. The zero-order valence-corrected chi connectivity index (χ0v) is 16.2. The molecule has 0 bridgehead atoms. The molecule has 0 atom stereocenters. The first kappa shape index (κ1) is 20.4. The fourth-order valence-electron chi connectivity index (χ4n) is 2.90. The highest BCUT2D eigenvalue weighted by molar-refractivity contribution is 7.92. The first-order valence-corrected chi connectivity index (χ1v) is 9.43. The van der Waals surface area contributed by atoms with Gasteiger partial charge in [-0.05, 0) is 44.0 Å². The maximum Gasteiger partial charge on any atom is 0.326 e. The molecule has 0 saturated heterocycles. The number of carbonyl (C=O) groups is 1. The summed E-state index contributed by atoms with van der Waals surface area (Å²) in [6.45, 7) is 4.88. The molecule has 2 aromatic rings. The summed E-state index contributed by atoms with van der Waals surface area (Å²) in [5.74, 6) is -0.722. The van der Waals surface area contributed by atoms with Gasteiger partial charge in [0.2, 0.25) is 0 Å². The molecule has 2 rings (SSSR count). The van der Waals surface area contributed by atoms with Crippen LogP contribution in [0, 0.1) is 30.9 Å². The van der Waals surface area contributed by atoms with Crippen LogP contribution in [0.2, 0.25) is 0 Å². The molecule has 0 unspecified atom stereocenters. The van der Waals surface area contributed by atoms with E-state index >= 15 is 0 Å². The Morgan fingerprint density at radius 3 is 2.07 bits per heavy atom. The van der Waals surface area contributed by atoms with Crippen LogP contribution in [0.4, 0.5) is 11.4 Å². The van der Waals surface area contributed by atoms with E-state index in [9.17, 15) is 23.3 Å². The molecule has 27 heavy (non-hydrogen) atoms. The van der Waals surface area contributed by atoms with E-state index in [4.69, 9.17) is 0 Å². The molecule has 8 nitrogen and oxygen atoms in total. The van der Waals surface area contributed by atoms with E-state index in [1.807, 2.05) is 19.1 Å². The second-order valence-electron chi connectivity index (χ2n) is 6.09. The topological polar surface area (TPSA) is 107 Å². The van der Waals surface area contributed by atoms with Crippen molar-refractivity contribution in [2.24, 2.45) is 0 Å². The fraction of sp³-hybridized carbons (Fsp3) is 0.278. The molecule has 0 aliphatic heterocycles. The maximum absolute atomic E-state index is 13.2. The molecule has 2 aromatic carbocycles. The van der Waals surface area contributed by atoms with Gasteiger partial charge in [-0.2, -0.15) is 0 Å². The van der Waals surface area contributed by atoms with Crippen molar-refractivity contribution in [3.63, 3.8) is 0 Å². The number of carbonyl (C=O) groups excluding carboxylic acids is 1. The number of hydrogen-bond acceptors (Lipinski definition) is 6. The van der Waals surface area contributed by atoms with Crippen molar-refractivity contribution in [1.82, 2.24) is 0 Å². The zero-order chi connectivity index (χ0) is 20.4. The number of anilines is 1. The number of esters is 1. The quantitative estimate of drug-likeness (QED) is 0.425. The van der Waals surface area contributed by atoms with Crippen LogP contribution in [0.15, 0.2) is 41.3 Å². The largest absolute Gasteiger partial charge is 0.468 e. The number of nitrogens with zero attached hydrogens (tertiary/aromatic N) is 2. The normalized spacial score (nSPS) is 11.1. The van der Waals surface area contributed by atoms with E-state index < -0.39 is 27.5 Å². The average molecular weight is 392 g/mol. The van der Waals surface area contributed by atoms with Crippen molar-refractivity contribution in [2.45, 2.75) is 25.7 Å². The standard InChI is InChI=1S/C18H20N2O6S/c1-12-9-13(2)18(14(3)10-12)19(11-17(21)26-4)27(24,25)16-7-5-15(6-8-16)20(22)23/h5-10H,11H2,1-4H3. The van der Waals surface area contributed by atoms with Crippen LogP contribution in [-0.4, -0.2) is 33.0 Å². The lowest BCUT2D eigenvalue weighted by molar-refractivity contribution is -0.384. The second kappa shape index (κ2) is 7.75. The molecule has 0 amide bonds. The molecule has 0 fully saturated rings. The summed E-state index contributed by atoms with van der Waals surface area (Å²) in [5, 5.41) is 10.8. The lowest BCUT2D eigenvalue weighted by atomic mass is 10.1. The number of aryl methyl sites for hydroxylation is 3. The summed E-state index contributed by atoms with van der Waals surface area (Å²) < 4.78 is 32.0. The predicted octanol–water partition coefficient (Wildman–Crippen LogP) is 2.89. The second-order valence-corrected chi connectivity index (χ2v) is 7.95. The van der Waals surface area contributed by atoms with Crippen LogP contribution in [-0.2, 0) is 19.6 Å². The summed E-state index contributed by atoms with van der Waals surface area (Å²) in [6.07, 6.45) is 0. The molecule has 0 N–H and O–H groups in total. The molecule has 144 valence electrons. The highest BCUT2D eigenvalue weighted by atomic mass is 32.2. The van der Waals surface area contributed by atoms with Gasteiger partial charge in [-0.3, -0.25) is 19.2 Å². The van der Waals surface area contributed by atoms with Gasteiger partial charge in [0.05, 0.1) is 22.6 Å². The zero-order valence-electron chi connectivity index (χ0n) is 15.4. The van der Waals surface area contributed by atoms with Gasteiger partial charge in [-0.15, -0.1) is 0 Å². The van der Waals surface area contributed by atoms with E-state index in [1.54, 1.807) is 13.8 Å². The van der Waals surface area contributed by atoms with Gasteiger partial charge in [0, 0.05) is 12.1 Å². The number of hydrogen-bond donors (Lipinski definition) is 0. The number of rotatable bonds is 6. The Hall–Kier alpha value is -2.94. The van der Waals surface area contributed by atoms with E-state index in [0.29, 0.717) is 16.8 Å². The third kappa shape index (κ3) is 4.25.